The van der Waals surface area contributed by atoms with E-state index in [1.54, 1.807) is 13.8 Å². The highest BCUT2D eigenvalue weighted by Crippen LogP contribution is 2.23. The van der Waals surface area contributed by atoms with Crippen LogP contribution in [0.25, 0.3) is 0 Å². The van der Waals surface area contributed by atoms with Gasteiger partial charge in [0.05, 0.1) is 12.0 Å². The van der Waals surface area contributed by atoms with Crippen LogP contribution >= 0.6 is 0 Å². The molecule has 0 aliphatic carbocycles. The van der Waals surface area contributed by atoms with Gasteiger partial charge in [-0.3, -0.25) is 4.79 Å². The van der Waals surface area contributed by atoms with Crippen molar-refractivity contribution in [3.05, 3.63) is 29.3 Å². The molecule has 0 aromatic heterocycles. The smallest absolute Gasteiger partial charge is 0.309 e. The van der Waals surface area contributed by atoms with Gasteiger partial charge in [-0.05, 0) is 52.2 Å². The van der Waals surface area contributed by atoms with Gasteiger partial charge < -0.3 is 9.84 Å². The molecule has 3 heteroatoms. The van der Waals surface area contributed by atoms with Crippen LogP contribution in [0.5, 0.6) is 5.75 Å². The van der Waals surface area contributed by atoms with Crippen molar-refractivity contribution in [3.63, 3.8) is 0 Å². The van der Waals surface area contributed by atoms with Crippen LogP contribution in [0.2, 0.25) is 0 Å². The Bertz CT molecular complexity index is 422. The quantitative estimate of drug-likeness (QED) is 0.785. The molecule has 0 saturated carbocycles. The molecule has 0 atom stereocenters. The van der Waals surface area contributed by atoms with Crippen molar-refractivity contribution in [1.29, 1.82) is 0 Å². The SMILES string of the molecule is Cc1ccc(OCCCC(C)(C)C(=O)O)c(C)c1. The summed E-state index contributed by atoms with van der Waals surface area (Å²) in [6, 6.07) is 6.06. The van der Waals surface area contributed by atoms with Crippen molar-refractivity contribution in [1.82, 2.24) is 0 Å². The minimum Gasteiger partial charge on any atom is -0.493 e. The summed E-state index contributed by atoms with van der Waals surface area (Å²) >= 11 is 0. The second-order valence-corrected chi connectivity index (χ2v) is 5.41. The summed E-state index contributed by atoms with van der Waals surface area (Å²) in [6.45, 7) is 8.11. The second kappa shape index (κ2) is 5.89. The third kappa shape index (κ3) is 4.06. The molecule has 1 rings (SSSR count). The van der Waals surface area contributed by atoms with E-state index >= 15 is 0 Å². The zero-order chi connectivity index (χ0) is 13.8. The Labute approximate surface area is 109 Å². The van der Waals surface area contributed by atoms with E-state index in [-0.39, 0.29) is 0 Å². The van der Waals surface area contributed by atoms with Crippen LogP contribution in [-0.4, -0.2) is 17.7 Å². The van der Waals surface area contributed by atoms with Crippen LogP contribution in [0.3, 0.4) is 0 Å². The van der Waals surface area contributed by atoms with Crippen molar-refractivity contribution < 1.29 is 14.6 Å². The largest absolute Gasteiger partial charge is 0.493 e. The molecule has 0 aliphatic rings. The van der Waals surface area contributed by atoms with Gasteiger partial charge in [0, 0.05) is 0 Å². The molecule has 0 heterocycles. The van der Waals surface area contributed by atoms with Crippen LogP contribution < -0.4 is 4.74 Å². The maximum absolute atomic E-state index is 10.9. The standard InChI is InChI=1S/C15H22O3/c1-11-6-7-13(12(2)10-11)18-9-5-8-15(3,4)14(16)17/h6-7,10H,5,8-9H2,1-4H3,(H,16,17). The molecular weight excluding hydrogens is 228 g/mol. The van der Waals surface area contributed by atoms with Crippen molar-refractivity contribution in [3.8, 4) is 5.75 Å². The van der Waals surface area contributed by atoms with Crippen LogP contribution in [0.4, 0.5) is 0 Å². The first-order valence-electron chi connectivity index (χ1n) is 6.26. The second-order valence-electron chi connectivity index (χ2n) is 5.41. The molecule has 0 bridgehead atoms. The van der Waals surface area contributed by atoms with Gasteiger partial charge >= 0.3 is 5.97 Å². The van der Waals surface area contributed by atoms with Crippen LogP contribution in [0, 0.1) is 19.3 Å². The van der Waals surface area contributed by atoms with Gasteiger partial charge in [0.1, 0.15) is 5.75 Å². The van der Waals surface area contributed by atoms with Crippen molar-refractivity contribution in [2.75, 3.05) is 6.61 Å². The Balaban J connectivity index is 2.41. The van der Waals surface area contributed by atoms with Crippen molar-refractivity contribution in [2.45, 2.75) is 40.5 Å². The molecule has 100 valence electrons. The lowest BCUT2D eigenvalue weighted by molar-refractivity contribution is -0.147. The average Bonchev–Trinajstić information content (AvgIpc) is 2.26. The number of hydrogen-bond acceptors (Lipinski definition) is 2. The van der Waals surface area contributed by atoms with E-state index in [0.717, 1.165) is 17.7 Å². The van der Waals surface area contributed by atoms with E-state index in [0.29, 0.717) is 13.0 Å². The zero-order valence-electron chi connectivity index (χ0n) is 11.6. The summed E-state index contributed by atoms with van der Waals surface area (Å²) in [4.78, 5) is 10.9. The highest BCUT2D eigenvalue weighted by atomic mass is 16.5. The lowest BCUT2D eigenvalue weighted by Gasteiger charge is -2.19. The van der Waals surface area contributed by atoms with Gasteiger partial charge in [-0.15, -0.1) is 0 Å². The highest BCUT2D eigenvalue weighted by molar-refractivity contribution is 5.73. The fraction of sp³-hybridized carbons (Fsp3) is 0.533. The van der Waals surface area contributed by atoms with E-state index in [4.69, 9.17) is 9.84 Å². The molecule has 0 spiro atoms. The van der Waals surface area contributed by atoms with E-state index < -0.39 is 11.4 Å². The Morgan fingerprint density at radius 3 is 2.56 bits per heavy atom. The Morgan fingerprint density at radius 2 is 2.00 bits per heavy atom. The van der Waals surface area contributed by atoms with Crippen molar-refractivity contribution in [2.24, 2.45) is 5.41 Å². The molecule has 3 nitrogen and oxygen atoms in total. The highest BCUT2D eigenvalue weighted by Gasteiger charge is 2.26. The molecular formula is C15H22O3. The maximum Gasteiger partial charge on any atom is 0.309 e. The third-order valence-corrected chi connectivity index (χ3v) is 3.11. The minimum atomic E-state index is -0.756. The average molecular weight is 250 g/mol. The summed E-state index contributed by atoms with van der Waals surface area (Å²) in [5.41, 5.74) is 1.66. The molecule has 1 N–H and O–H groups in total. The molecule has 1 aromatic carbocycles. The van der Waals surface area contributed by atoms with Crippen LogP contribution in [0.15, 0.2) is 18.2 Å². The Morgan fingerprint density at radius 1 is 1.33 bits per heavy atom. The molecule has 0 aliphatic heterocycles. The van der Waals surface area contributed by atoms with Gasteiger partial charge in [0.2, 0.25) is 0 Å². The topological polar surface area (TPSA) is 46.5 Å². The summed E-state index contributed by atoms with van der Waals surface area (Å²) in [6.07, 6.45) is 1.36. The first-order chi connectivity index (χ1) is 8.33. The Kier molecular flexibility index (Phi) is 4.76. The molecule has 18 heavy (non-hydrogen) atoms. The lowest BCUT2D eigenvalue weighted by atomic mass is 9.88. The van der Waals surface area contributed by atoms with Gasteiger partial charge in [0.15, 0.2) is 0 Å². The van der Waals surface area contributed by atoms with E-state index in [2.05, 4.69) is 6.07 Å². The predicted octanol–water partition coefficient (Wildman–Crippen LogP) is 3.57. The van der Waals surface area contributed by atoms with Gasteiger partial charge in [-0.1, -0.05) is 17.7 Å². The number of aryl methyl sites for hydroxylation is 2. The van der Waals surface area contributed by atoms with Crippen LogP contribution in [-0.2, 0) is 4.79 Å². The number of benzene rings is 1. The van der Waals surface area contributed by atoms with E-state index in [1.165, 1.54) is 5.56 Å². The third-order valence-electron chi connectivity index (χ3n) is 3.11. The number of carboxylic acids is 1. The summed E-state index contributed by atoms with van der Waals surface area (Å²) in [5, 5.41) is 8.99. The molecule has 0 amide bonds. The molecule has 1 aromatic rings. The predicted molar refractivity (Wildman–Crippen MR) is 72.1 cm³/mol. The first kappa shape index (κ1) is 14.6. The number of aliphatic carboxylic acids is 1. The van der Waals surface area contributed by atoms with Gasteiger partial charge in [-0.25, -0.2) is 0 Å². The molecule has 0 unspecified atom stereocenters. The van der Waals surface area contributed by atoms with E-state index in [1.807, 2.05) is 26.0 Å². The lowest BCUT2D eigenvalue weighted by Crippen LogP contribution is -2.24. The van der Waals surface area contributed by atoms with Gasteiger partial charge in [-0.2, -0.15) is 0 Å². The fourth-order valence-electron chi connectivity index (χ4n) is 1.76. The van der Waals surface area contributed by atoms with Gasteiger partial charge in [0.25, 0.3) is 0 Å². The number of hydrogen-bond donors (Lipinski definition) is 1. The summed E-state index contributed by atoms with van der Waals surface area (Å²) in [7, 11) is 0. The fourth-order valence-corrected chi connectivity index (χ4v) is 1.76. The van der Waals surface area contributed by atoms with E-state index in [9.17, 15) is 4.79 Å². The normalized spacial score (nSPS) is 11.3. The summed E-state index contributed by atoms with van der Waals surface area (Å²) in [5.74, 6) is 0.128. The number of ether oxygens (including phenoxy) is 1. The number of carbonyl (C=O) groups is 1. The monoisotopic (exact) mass is 250 g/mol. The Hall–Kier alpha value is -1.51. The maximum atomic E-state index is 10.9. The minimum absolute atomic E-state index is 0.556. The zero-order valence-corrected chi connectivity index (χ0v) is 11.6. The number of carboxylic acid groups (broad SMARTS) is 1. The summed E-state index contributed by atoms with van der Waals surface area (Å²) < 4.78 is 5.67. The molecule has 0 saturated heterocycles. The first-order valence-corrected chi connectivity index (χ1v) is 6.26. The van der Waals surface area contributed by atoms with Crippen molar-refractivity contribution >= 4 is 5.97 Å². The van der Waals surface area contributed by atoms with Crippen LogP contribution in [0.1, 0.15) is 37.8 Å². The number of rotatable bonds is 6. The molecule has 0 radical (unpaired) electrons. The molecule has 0 fully saturated rings.